The van der Waals surface area contributed by atoms with Crippen LogP contribution >= 0.6 is 0 Å². The highest BCUT2D eigenvalue weighted by Gasteiger charge is 2.13. The first-order valence-corrected chi connectivity index (χ1v) is 9.69. The van der Waals surface area contributed by atoms with Gasteiger partial charge in [0, 0.05) is 18.7 Å². The van der Waals surface area contributed by atoms with Crippen molar-refractivity contribution in [3.63, 3.8) is 0 Å². The van der Waals surface area contributed by atoms with Gasteiger partial charge >= 0.3 is 0 Å². The van der Waals surface area contributed by atoms with Gasteiger partial charge in [-0.3, -0.25) is 4.79 Å². The molecule has 8 nitrogen and oxygen atoms in total. The van der Waals surface area contributed by atoms with Crippen LogP contribution in [0.3, 0.4) is 0 Å². The SMILES string of the molecule is COc1ccc(-n2ncc3c(NCCNC(=O)c4ccc(F)cc4)nc(C)nc32)cc1. The molecule has 0 bridgehead atoms. The molecule has 4 aromatic rings. The van der Waals surface area contributed by atoms with E-state index in [9.17, 15) is 9.18 Å². The molecule has 1 amide bonds. The first kappa shape index (κ1) is 20.3. The maximum Gasteiger partial charge on any atom is 0.251 e. The Balaban J connectivity index is 1.46. The molecule has 9 heteroatoms. The van der Waals surface area contributed by atoms with Crippen LogP contribution in [0.5, 0.6) is 5.75 Å². The van der Waals surface area contributed by atoms with Crippen LogP contribution in [0.1, 0.15) is 16.2 Å². The van der Waals surface area contributed by atoms with Crippen molar-refractivity contribution in [2.45, 2.75) is 6.92 Å². The molecule has 0 spiro atoms. The number of anilines is 1. The van der Waals surface area contributed by atoms with Crippen LogP contribution in [0.2, 0.25) is 0 Å². The van der Waals surface area contributed by atoms with E-state index in [-0.39, 0.29) is 11.7 Å². The van der Waals surface area contributed by atoms with E-state index in [0.717, 1.165) is 16.8 Å². The van der Waals surface area contributed by atoms with Crippen LogP contribution in [-0.2, 0) is 0 Å². The third-order valence-electron chi connectivity index (χ3n) is 4.67. The van der Waals surface area contributed by atoms with Gasteiger partial charge in [0.15, 0.2) is 5.65 Å². The maximum atomic E-state index is 13.0. The van der Waals surface area contributed by atoms with Crippen molar-refractivity contribution in [1.29, 1.82) is 0 Å². The molecule has 2 N–H and O–H groups in total. The lowest BCUT2D eigenvalue weighted by atomic mass is 10.2. The van der Waals surface area contributed by atoms with Gasteiger partial charge in [0.1, 0.15) is 23.2 Å². The van der Waals surface area contributed by atoms with Gasteiger partial charge in [0.25, 0.3) is 5.91 Å². The van der Waals surface area contributed by atoms with Crippen molar-refractivity contribution in [2.75, 3.05) is 25.5 Å². The van der Waals surface area contributed by atoms with Crippen LogP contribution in [0.4, 0.5) is 10.2 Å². The van der Waals surface area contributed by atoms with Gasteiger partial charge in [-0.2, -0.15) is 5.10 Å². The van der Waals surface area contributed by atoms with Gasteiger partial charge in [-0.15, -0.1) is 0 Å². The molecule has 2 heterocycles. The topological polar surface area (TPSA) is 94.0 Å². The number of aromatic nitrogens is 4. The fourth-order valence-corrected chi connectivity index (χ4v) is 3.12. The molecule has 0 saturated carbocycles. The van der Waals surface area contributed by atoms with E-state index in [4.69, 9.17) is 4.74 Å². The quantitative estimate of drug-likeness (QED) is 0.446. The number of amides is 1. The third-order valence-corrected chi connectivity index (χ3v) is 4.67. The van der Waals surface area contributed by atoms with Gasteiger partial charge in [-0.1, -0.05) is 0 Å². The number of methoxy groups -OCH3 is 1. The highest BCUT2D eigenvalue weighted by molar-refractivity contribution is 5.94. The average molecular weight is 420 g/mol. The van der Waals surface area contributed by atoms with Gasteiger partial charge in [-0.05, 0) is 55.5 Å². The Bertz CT molecular complexity index is 1210. The number of nitrogens with one attached hydrogen (secondary N) is 2. The molecule has 0 unspecified atom stereocenters. The Hall–Kier alpha value is -4.01. The molecule has 31 heavy (non-hydrogen) atoms. The molecule has 2 aromatic heterocycles. The minimum atomic E-state index is -0.378. The van der Waals surface area contributed by atoms with E-state index in [1.807, 2.05) is 31.2 Å². The van der Waals surface area contributed by atoms with Crippen molar-refractivity contribution in [2.24, 2.45) is 0 Å². The Morgan fingerprint density at radius 1 is 1.06 bits per heavy atom. The highest BCUT2D eigenvalue weighted by Crippen LogP contribution is 2.23. The zero-order valence-corrected chi connectivity index (χ0v) is 17.1. The maximum absolute atomic E-state index is 13.0. The van der Waals surface area contributed by atoms with Crippen molar-refractivity contribution in [3.8, 4) is 11.4 Å². The van der Waals surface area contributed by atoms with Crippen molar-refractivity contribution in [3.05, 3.63) is 71.9 Å². The second kappa shape index (κ2) is 8.78. The largest absolute Gasteiger partial charge is 0.497 e. The molecule has 0 aliphatic carbocycles. The lowest BCUT2D eigenvalue weighted by molar-refractivity contribution is 0.0955. The number of carbonyl (C=O) groups excluding carboxylic acids is 1. The standard InChI is InChI=1S/C22H21FN6O2/c1-14-27-20(24-11-12-25-22(30)15-3-5-16(23)6-4-15)19-13-26-29(21(19)28-14)17-7-9-18(31-2)10-8-17/h3-10,13H,11-12H2,1-2H3,(H,25,30)(H,24,27,28). The van der Waals surface area contributed by atoms with E-state index in [2.05, 4.69) is 25.7 Å². The Morgan fingerprint density at radius 3 is 2.52 bits per heavy atom. The zero-order chi connectivity index (χ0) is 21.8. The van der Waals surface area contributed by atoms with Crippen LogP contribution < -0.4 is 15.4 Å². The Kier molecular flexibility index (Phi) is 5.74. The van der Waals surface area contributed by atoms with Crippen molar-refractivity contribution < 1.29 is 13.9 Å². The summed E-state index contributed by atoms with van der Waals surface area (Å²) in [4.78, 5) is 21.1. The molecule has 158 valence electrons. The smallest absolute Gasteiger partial charge is 0.251 e. The van der Waals surface area contributed by atoms with E-state index in [0.29, 0.717) is 35.9 Å². The summed E-state index contributed by atoms with van der Waals surface area (Å²) in [5, 5.41) is 11.3. The lowest BCUT2D eigenvalue weighted by Gasteiger charge is -2.10. The Morgan fingerprint density at radius 2 is 1.81 bits per heavy atom. The summed E-state index contributed by atoms with van der Waals surface area (Å²) in [6.07, 6.45) is 1.71. The van der Waals surface area contributed by atoms with Gasteiger partial charge < -0.3 is 15.4 Å². The minimum Gasteiger partial charge on any atom is -0.497 e. The highest BCUT2D eigenvalue weighted by atomic mass is 19.1. The molecule has 2 aromatic carbocycles. The third kappa shape index (κ3) is 4.45. The molecule has 4 rings (SSSR count). The summed E-state index contributed by atoms with van der Waals surface area (Å²) in [6, 6.07) is 12.9. The summed E-state index contributed by atoms with van der Waals surface area (Å²) in [5.41, 5.74) is 1.93. The van der Waals surface area contributed by atoms with E-state index >= 15 is 0 Å². The number of rotatable bonds is 7. The fraction of sp³-hybridized carbons (Fsp3) is 0.182. The molecule has 0 radical (unpaired) electrons. The number of hydrogen-bond acceptors (Lipinski definition) is 6. The number of benzene rings is 2. The summed E-state index contributed by atoms with van der Waals surface area (Å²) < 4.78 is 19.9. The first-order chi connectivity index (χ1) is 15.0. The molecule has 0 saturated heterocycles. The van der Waals surface area contributed by atoms with E-state index in [1.54, 1.807) is 18.0 Å². The van der Waals surface area contributed by atoms with Crippen LogP contribution in [-0.4, -0.2) is 45.9 Å². The summed E-state index contributed by atoms with van der Waals surface area (Å²) in [5.74, 6) is 1.35. The van der Waals surface area contributed by atoms with Gasteiger partial charge in [0.2, 0.25) is 0 Å². The number of ether oxygens (including phenoxy) is 1. The molecule has 0 aliphatic heterocycles. The van der Waals surface area contributed by atoms with E-state index < -0.39 is 0 Å². The van der Waals surface area contributed by atoms with Crippen LogP contribution in [0.15, 0.2) is 54.7 Å². The predicted molar refractivity (Wildman–Crippen MR) is 115 cm³/mol. The van der Waals surface area contributed by atoms with E-state index in [1.165, 1.54) is 24.3 Å². The second-order valence-electron chi connectivity index (χ2n) is 6.80. The number of hydrogen-bond donors (Lipinski definition) is 2. The molecule has 0 fully saturated rings. The normalized spacial score (nSPS) is 10.8. The lowest BCUT2D eigenvalue weighted by Crippen LogP contribution is -2.29. The summed E-state index contributed by atoms with van der Waals surface area (Å²) in [7, 11) is 1.62. The Labute approximate surface area is 178 Å². The van der Waals surface area contributed by atoms with Gasteiger partial charge in [-0.25, -0.2) is 19.0 Å². The molecule has 0 aliphatic rings. The monoisotopic (exact) mass is 420 g/mol. The number of nitrogens with zero attached hydrogens (tertiary/aromatic N) is 4. The molecular weight excluding hydrogens is 399 g/mol. The van der Waals surface area contributed by atoms with Crippen LogP contribution in [0, 0.1) is 12.7 Å². The molecule has 0 atom stereocenters. The van der Waals surface area contributed by atoms with Crippen molar-refractivity contribution in [1.82, 2.24) is 25.1 Å². The minimum absolute atomic E-state index is 0.266. The summed E-state index contributed by atoms with van der Waals surface area (Å²) in [6.45, 7) is 2.63. The predicted octanol–water partition coefficient (Wildman–Crippen LogP) is 3.11. The average Bonchev–Trinajstić information content (AvgIpc) is 3.20. The fourth-order valence-electron chi connectivity index (χ4n) is 3.12. The molecular formula is C22H21FN6O2. The van der Waals surface area contributed by atoms with Gasteiger partial charge in [0.05, 0.1) is 24.4 Å². The number of fused-ring (bicyclic) bond motifs is 1. The number of carbonyl (C=O) groups is 1. The number of aryl methyl sites for hydroxylation is 1. The first-order valence-electron chi connectivity index (χ1n) is 9.69. The zero-order valence-electron chi connectivity index (χ0n) is 17.1. The second-order valence-corrected chi connectivity index (χ2v) is 6.80. The van der Waals surface area contributed by atoms with Crippen molar-refractivity contribution >= 4 is 22.8 Å². The van der Waals surface area contributed by atoms with Crippen LogP contribution in [0.25, 0.3) is 16.7 Å². The summed E-state index contributed by atoms with van der Waals surface area (Å²) >= 11 is 0. The number of halogens is 1.